The van der Waals surface area contributed by atoms with Crippen LogP contribution in [0.25, 0.3) is 16.9 Å². The molecule has 2 N–H and O–H groups in total. The van der Waals surface area contributed by atoms with Crippen LogP contribution in [0.15, 0.2) is 30.3 Å². The van der Waals surface area contributed by atoms with Crippen molar-refractivity contribution in [1.29, 1.82) is 0 Å². The number of para-hydroxylation sites is 2. The molecule has 2 aromatic heterocycles. The first-order chi connectivity index (χ1) is 16.4. The number of halogens is 2. The quantitative estimate of drug-likeness (QED) is 0.508. The standard InChI is InChI=1S/C22H27F2N7O3/c1-14(21(33)29(2)7-10-32)25-22-27-17(30-8-11-34-12-9-30)13-18(28-22)31-16-6-4-3-5-15(16)26-20(31)19(23)24/h3-6,13-14,19,32H,7-12H2,1-2H3,(H,25,27,28). The first-order valence-corrected chi connectivity index (χ1v) is 11.0. The molecule has 0 radical (unpaired) electrons. The fraction of sp³-hybridized carbons (Fsp3) is 0.455. The highest BCUT2D eigenvalue weighted by molar-refractivity contribution is 5.83. The fourth-order valence-corrected chi connectivity index (χ4v) is 3.83. The minimum absolute atomic E-state index is 0.121. The van der Waals surface area contributed by atoms with Gasteiger partial charge in [0.05, 0.1) is 30.9 Å². The van der Waals surface area contributed by atoms with Crippen molar-refractivity contribution in [3.63, 3.8) is 0 Å². The number of imidazole rings is 1. The minimum Gasteiger partial charge on any atom is -0.395 e. The third kappa shape index (κ3) is 4.92. The summed E-state index contributed by atoms with van der Waals surface area (Å²) in [5, 5.41) is 12.1. The second-order valence-corrected chi connectivity index (χ2v) is 7.95. The van der Waals surface area contributed by atoms with Crippen LogP contribution in [0.3, 0.4) is 0 Å². The lowest BCUT2D eigenvalue weighted by Gasteiger charge is -2.29. The number of carbonyl (C=O) groups excluding carboxylic acids is 1. The van der Waals surface area contributed by atoms with E-state index in [2.05, 4.69) is 20.3 Å². The highest BCUT2D eigenvalue weighted by atomic mass is 19.3. The van der Waals surface area contributed by atoms with Gasteiger partial charge in [-0.1, -0.05) is 12.1 Å². The largest absolute Gasteiger partial charge is 0.395 e. The molecule has 3 heterocycles. The molecule has 10 nitrogen and oxygen atoms in total. The summed E-state index contributed by atoms with van der Waals surface area (Å²) in [5.41, 5.74) is 0.912. The number of hydrogen-bond donors (Lipinski definition) is 2. The maximum absolute atomic E-state index is 13.9. The highest BCUT2D eigenvalue weighted by Gasteiger charge is 2.24. The molecule has 0 bridgehead atoms. The lowest BCUT2D eigenvalue weighted by Crippen LogP contribution is -2.41. The highest BCUT2D eigenvalue weighted by Crippen LogP contribution is 2.29. The molecule has 0 spiro atoms. The number of nitrogens with zero attached hydrogens (tertiary/aromatic N) is 6. The second kappa shape index (κ2) is 10.3. The number of alkyl halides is 2. The summed E-state index contributed by atoms with van der Waals surface area (Å²) in [7, 11) is 1.58. The molecule has 1 atom stereocenters. The van der Waals surface area contributed by atoms with Gasteiger partial charge < -0.3 is 25.0 Å². The molecular formula is C22H27F2N7O3. The molecule has 1 aliphatic rings. The molecule has 1 amide bonds. The Hall–Kier alpha value is -3.38. The third-order valence-electron chi connectivity index (χ3n) is 5.57. The first kappa shape index (κ1) is 23.8. The van der Waals surface area contributed by atoms with Crippen molar-refractivity contribution < 1.29 is 23.4 Å². The van der Waals surface area contributed by atoms with Crippen molar-refractivity contribution in [3.05, 3.63) is 36.2 Å². The number of likely N-dealkylation sites (N-methyl/N-ethyl adjacent to an activating group) is 1. The number of aliphatic hydroxyl groups excluding tert-OH is 1. The number of aromatic nitrogens is 4. The van der Waals surface area contributed by atoms with Gasteiger partial charge in [-0.2, -0.15) is 9.97 Å². The van der Waals surface area contributed by atoms with Crippen molar-refractivity contribution in [2.45, 2.75) is 19.4 Å². The lowest BCUT2D eigenvalue weighted by molar-refractivity contribution is -0.130. The summed E-state index contributed by atoms with van der Waals surface area (Å²) in [6.45, 7) is 3.86. The number of fused-ring (bicyclic) bond motifs is 1. The van der Waals surface area contributed by atoms with Gasteiger partial charge in [0, 0.05) is 32.7 Å². The van der Waals surface area contributed by atoms with Gasteiger partial charge in [-0.05, 0) is 19.1 Å². The number of benzene rings is 1. The smallest absolute Gasteiger partial charge is 0.296 e. The number of ether oxygens (including phenoxy) is 1. The molecule has 0 saturated carbocycles. The normalized spacial score (nSPS) is 15.1. The van der Waals surface area contributed by atoms with Gasteiger partial charge in [-0.3, -0.25) is 9.36 Å². The van der Waals surface area contributed by atoms with Crippen LogP contribution in [0.1, 0.15) is 19.2 Å². The van der Waals surface area contributed by atoms with Crippen LogP contribution in [0.5, 0.6) is 0 Å². The Labute approximate surface area is 195 Å². The topological polar surface area (TPSA) is 109 Å². The summed E-state index contributed by atoms with van der Waals surface area (Å²) < 4.78 is 34.6. The maximum atomic E-state index is 13.9. The fourth-order valence-electron chi connectivity index (χ4n) is 3.83. The van der Waals surface area contributed by atoms with Crippen molar-refractivity contribution >= 4 is 28.7 Å². The van der Waals surface area contributed by atoms with Crippen molar-refractivity contribution in [2.24, 2.45) is 0 Å². The van der Waals surface area contributed by atoms with Gasteiger partial charge in [-0.15, -0.1) is 0 Å². The minimum atomic E-state index is -2.82. The number of carbonyl (C=O) groups is 1. The van der Waals surface area contributed by atoms with Crippen LogP contribution in [0, 0.1) is 0 Å². The molecule has 1 fully saturated rings. The Morgan fingerprint density at radius 3 is 2.62 bits per heavy atom. The van der Waals surface area contributed by atoms with Crippen molar-refractivity contribution in [3.8, 4) is 5.82 Å². The van der Waals surface area contributed by atoms with Gasteiger partial charge in [0.25, 0.3) is 6.43 Å². The summed E-state index contributed by atoms with van der Waals surface area (Å²) in [6, 6.07) is 7.78. The molecule has 1 unspecified atom stereocenters. The van der Waals surface area contributed by atoms with E-state index < -0.39 is 18.3 Å². The van der Waals surface area contributed by atoms with E-state index in [1.807, 2.05) is 4.90 Å². The third-order valence-corrected chi connectivity index (χ3v) is 5.57. The van der Waals surface area contributed by atoms with E-state index in [1.165, 1.54) is 9.47 Å². The van der Waals surface area contributed by atoms with E-state index in [4.69, 9.17) is 9.84 Å². The van der Waals surface area contributed by atoms with Gasteiger partial charge in [0.15, 0.2) is 5.82 Å². The van der Waals surface area contributed by atoms with Gasteiger partial charge in [0.1, 0.15) is 17.7 Å². The van der Waals surface area contributed by atoms with Gasteiger partial charge in [-0.25, -0.2) is 13.8 Å². The van der Waals surface area contributed by atoms with E-state index in [-0.39, 0.29) is 30.8 Å². The Morgan fingerprint density at radius 1 is 1.21 bits per heavy atom. The van der Waals surface area contributed by atoms with Crippen molar-refractivity contribution in [2.75, 3.05) is 56.7 Å². The molecule has 0 aliphatic carbocycles. The zero-order chi connectivity index (χ0) is 24.2. The molecule has 4 rings (SSSR count). The maximum Gasteiger partial charge on any atom is 0.296 e. The Kier molecular flexibility index (Phi) is 7.17. The van der Waals surface area contributed by atoms with Gasteiger partial charge in [0.2, 0.25) is 11.9 Å². The lowest BCUT2D eigenvalue weighted by atomic mass is 10.3. The first-order valence-electron chi connectivity index (χ1n) is 11.0. The zero-order valence-corrected chi connectivity index (χ0v) is 19.0. The molecule has 1 aliphatic heterocycles. The number of aliphatic hydroxyl groups is 1. The molecule has 182 valence electrons. The molecule has 34 heavy (non-hydrogen) atoms. The van der Waals surface area contributed by atoms with Crippen LogP contribution in [-0.2, 0) is 9.53 Å². The number of nitrogens with one attached hydrogen (secondary N) is 1. The molecular weight excluding hydrogens is 448 g/mol. The number of hydrogen-bond acceptors (Lipinski definition) is 8. The summed E-state index contributed by atoms with van der Waals surface area (Å²) in [6.07, 6.45) is -2.82. The zero-order valence-electron chi connectivity index (χ0n) is 19.0. The Morgan fingerprint density at radius 2 is 1.91 bits per heavy atom. The number of amides is 1. The molecule has 12 heteroatoms. The summed E-state index contributed by atoms with van der Waals surface area (Å²) in [4.78, 5) is 29.1. The van der Waals surface area contributed by atoms with Crippen LogP contribution < -0.4 is 10.2 Å². The van der Waals surface area contributed by atoms with E-state index >= 15 is 0 Å². The van der Waals surface area contributed by atoms with Crippen LogP contribution >= 0.6 is 0 Å². The van der Waals surface area contributed by atoms with E-state index in [0.29, 0.717) is 43.2 Å². The predicted molar refractivity (Wildman–Crippen MR) is 122 cm³/mol. The van der Waals surface area contributed by atoms with E-state index in [9.17, 15) is 13.6 Å². The van der Waals surface area contributed by atoms with Crippen LogP contribution in [0.2, 0.25) is 0 Å². The Balaban J connectivity index is 1.78. The number of rotatable bonds is 8. The van der Waals surface area contributed by atoms with E-state index in [0.717, 1.165) is 0 Å². The number of morpholine rings is 1. The second-order valence-electron chi connectivity index (χ2n) is 7.95. The van der Waals surface area contributed by atoms with Crippen LogP contribution in [-0.4, -0.2) is 88.0 Å². The Bertz CT molecular complexity index is 1150. The summed E-state index contributed by atoms with van der Waals surface area (Å²) >= 11 is 0. The molecule has 1 aromatic carbocycles. The average Bonchev–Trinajstić information content (AvgIpc) is 3.24. The SMILES string of the molecule is CC(Nc1nc(N2CCOCC2)cc(-n2c(C(F)F)nc3ccccc32)n1)C(=O)N(C)CCO. The molecule has 1 saturated heterocycles. The average molecular weight is 476 g/mol. The van der Waals surface area contributed by atoms with Crippen molar-refractivity contribution in [1.82, 2.24) is 24.4 Å². The van der Waals surface area contributed by atoms with E-state index in [1.54, 1.807) is 44.3 Å². The molecule has 3 aromatic rings. The van der Waals surface area contributed by atoms with Gasteiger partial charge >= 0.3 is 0 Å². The summed E-state index contributed by atoms with van der Waals surface area (Å²) in [5.74, 6) is 0.168. The number of anilines is 2. The van der Waals surface area contributed by atoms with Crippen LogP contribution in [0.4, 0.5) is 20.5 Å². The predicted octanol–water partition coefficient (Wildman–Crippen LogP) is 1.84. The monoisotopic (exact) mass is 475 g/mol.